The van der Waals surface area contributed by atoms with Gasteiger partial charge in [-0.3, -0.25) is 4.79 Å². The number of benzene rings is 2. The predicted molar refractivity (Wildman–Crippen MR) is 116 cm³/mol. The highest BCUT2D eigenvalue weighted by molar-refractivity contribution is 5.77. The Morgan fingerprint density at radius 1 is 1.10 bits per heavy atom. The normalized spacial score (nSPS) is 11.7. The Hall–Kier alpha value is -3.74. The number of hydrogen-bond donors (Lipinski definition) is 3. The van der Waals surface area contributed by atoms with Crippen molar-refractivity contribution < 1.29 is 24.2 Å². The lowest BCUT2D eigenvalue weighted by molar-refractivity contribution is -0.121. The molecule has 7 nitrogen and oxygen atoms in total. The molecule has 1 atom stereocenters. The molecule has 1 amide bonds. The Morgan fingerprint density at radius 2 is 1.77 bits per heavy atom. The summed E-state index contributed by atoms with van der Waals surface area (Å²) in [5.74, 6) is -0.0344. The zero-order chi connectivity index (χ0) is 22.4. The molecule has 0 spiro atoms. The molecular weight excluding hydrogens is 398 g/mol. The van der Waals surface area contributed by atoms with Crippen molar-refractivity contribution in [1.29, 1.82) is 0 Å². The number of nitrogens with one attached hydrogen (secondary N) is 1. The molecule has 162 valence electrons. The maximum Gasteiger partial charge on any atom is 0.343 e. The highest BCUT2D eigenvalue weighted by Crippen LogP contribution is 2.33. The van der Waals surface area contributed by atoms with Gasteiger partial charge in [-0.05, 0) is 48.7 Å². The molecule has 0 saturated heterocycles. The summed E-state index contributed by atoms with van der Waals surface area (Å²) in [5, 5.41) is 22.6. The van der Waals surface area contributed by atoms with Crippen LogP contribution in [0.1, 0.15) is 34.8 Å². The molecule has 0 unspecified atom stereocenters. The lowest BCUT2D eigenvalue weighted by Crippen LogP contribution is -2.28. The van der Waals surface area contributed by atoms with Crippen molar-refractivity contribution in [3.05, 3.63) is 87.5 Å². The van der Waals surface area contributed by atoms with Crippen LogP contribution in [-0.4, -0.2) is 29.8 Å². The molecule has 0 bridgehead atoms. The number of aryl methyl sites for hydroxylation is 1. The molecule has 1 heterocycles. The van der Waals surface area contributed by atoms with E-state index in [0.29, 0.717) is 24.3 Å². The highest BCUT2D eigenvalue weighted by Gasteiger charge is 2.25. The molecule has 3 rings (SSSR count). The van der Waals surface area contributed by atoms with Crippen molar-refractivity contribution in [2.75, 3.05) is 13.7 Å². The van der Waals surface area contributed by atoms with E-state index in [1.165, 1.54) is 6.07 Å². The Morgan fingerprint density at radius 3 is 2.39 bits per heavy atom. The number of ether oxygens (including phenoxy) is 1. The summed E-state index contributed by atoms with van der Waals surface area (Å²) in [6, 6.07) is 15.1. The van der Waals surface area contributed by atoms with E-state index in [1.54, 1.807) is 62.6 Å². The molecular formula is C24H25NO6. The first-order chi connectivity index (χ1) is 14.9. The van der Waals surface area contributed by atoms with E-state index in [4.69, 9.17) is 9.15 Å². The van der Waals surface area contributed by atoms with Gasteiger partial charge in [-0.2, -0.15) is 0 Å². The van der Waals surface area contributed by atoms with E-state index < -0.39 is 11.5 Å². The molecule has 0 aliphatic rings. The van der Waals surface area contributed by atoms with Crippen LogP contribution in [0.2, 0.25) is 0 Å². The van der Waals surface area contributed by atoms with Crippen LogP contribution in [0.25, 0.3) is 0 Å². The molecule has 31 heavy (non-hydrogen) atoms. The minimum Gasteiger partial charge on any atom is -0.508 e. The average molecular weight is 423 g/mol. The van der Waals surface area contributed by atoms with Gasteiger partial charge < -0.3 is 24.7 Å². The quantitative estimate of drug-likeness (QED) is 0.513. The molecule has 0 aliphatic heterocycles. The number of methoxy groups -OCH3 is 1. The van der Waals surface area contributed by atoms with Gasteiger partial charge in [-0.25, -0.2) is 4.79 Å². The van der Waals surface area contributed by atoms with E-state index in [1.807, 2.05) is 0 Å². The van der Waals surface area contributed by atoms with Crippen LogP contribution in [-0.2, 0) is 11.2 Å². The van der Waals surface area contributed by atoms with Crippen LogP contribution in [0, 0.1) is 6.92 Å². The minimum absolute atomic E-state index is 0.0384. The van der Waals surface area contributed by atoms with Crippen LogP contribution in [0.4, 0.5) is 0 Å². The van der Waals surface area contributed by atoms with Crippen molar-refractivity contribution in [3.63, 3.8) is 0 Å². The number of hydrogen-bond acceptors (Lipinski definition) is 6. The van der Waals surface area contributed by atoms with E-state index in [-0.39, 0.29) is 35.2 Å². The lowest BCUT2D eigenvalue weighted by Gasteiger charge is -2.18. The average Bonchev–Trinajstić information content (AvgIpc) is 2.74. The van der Waals surface area contributed by atoms with Crippen LogP contribution in [0.15, 0.2) is 63.8 Å². The van der Waals surface area contributed by atoms with E-state index >= 15 is 0 Å². The molecule has 3 aromatic rings. The van der Waals surface area contributed by atoms with Crippen LogP contribution in [0.3, 0.4) is 0 Å². The molecule has 0 saturated carbocycles. The summed E-state index contributed by atoms with van der Waals surface area (Å²) >= 11 is 0. The molecule has 3 N–H and O–H groups in total. The Kier molecular flexibility index (Phi) is 6.97. The molecule has 2 aromatic carbocycles. The minimum atomic E-state index is -0.684. The number of phenolic OH excluding ortho intramolecular Hbond substituents is 1. The maximum absolute atomic E-state index is 12.7. The topological polar surface area (TPSA) is 109 Å². The SMILES string of the molecule is COc1ccc([C@@H](CC(=O)NCCc2ccc(O)cc2)c2c(O)cc(C)oc2=O)cc1. The van der Waals surface area contributed by atoms with Crippen molar-refractivity contribution in [1.82, 2.24) is 5.32 Å². The predicted octanol–water partition coefficient (Wildman–Crippen LogP) is 3.25. The third-order valence-corrected chi connectivity index (χ3v) is 5.02. The Labute approximate surface area is 179 Å². The van der Waals surface area contributed by atoms with Gasteiger partial charge in [-0.15, -0.1) is 0 Å². The first kappa shape index (κ1) is 22.0. The van der Waals surface area contributed by atoms with Crippen LogP contribution < -0.4 is 15.7 Å². The summed E-state index contributed by atoms with van der Waals surface area (Å²) in [6.07, 6.45) is 0.556. The second-order valence-corrected chi connectivity index (χ2v) is 7.24. The van der Waals surface area contributed by atoms with E-state index in [9.17, 15) is 19.8 Å². The van der Waals surface area contributed by atoms with Crippen LogP contribution in [0.5, 0.6) is 17.2 Å². The largest absolute Gasteiger partial charge is 0.508 e. The second-order valence-electron chi connectivity index (χ2n) is 7.24. The summed E-state index contributed by atoms with van der Waals surface area (Å²) in [6.45, 7) is 1.97. The number of amides is 1. The number of carbonyl (C=O) groups excluding carboxylic acids is 1. The van der Waals surface area contributed by atoms with Gasteiger partial charge in [-0.1, -0.05) is 24.3 Å². The molecule has 1 aromatic heterocycles. The maximum atomic E-state index is 12.7. The molecule has 0 aliphatic carbocycles. The third-order valence-electron chi connectivity index (χ3n) is 5.02. The smallest absolute Gasteiger partial charge is 0.343 e. The van der Waals surface area contributed by atoms with E-state index in [2.05, 4.69) is 5.32 Å². The lowest BCUT2D eigenvalue weighted by atomic mass is 9.88. The van der Waals surface area contributed by atoms with Gasteiger partial charge in [0.15, 0.2) is 0 Å². The molecule has 7 heteroatoms. The Bertz CT molecular complexity index is 1090. The van der Waals surface area contributed by atoms with Gasteiger partial charge in [0.25, 0.3) is 0 Å². The summed E-state index contributed by atoms with van der Waals surface area (Å²) in [4.78, 5) is 25.2. The fourth-order valence-corrected chi connectivity index (χ4v) is 3.42. The van der Waals surface area contributed by atoms with Crippen molar-refractivity contribution in [3.8, 4) is 17.2 Å². The van der Waals surface area contributed by atoms with Crippen molar-refractivity contribution >= 4 is 5.91 Å². The van der Waals surface area contributed by atoms with Crippen molar-refractivity contribution in [2.24, 2.45) is 0 Å². The fourth-order valence-electron chi connectivity index (χ4n) is 3.42. The second kappa shape index (κ2) is 9.84. The summed E-state index contributed by atoms with van der Waals surface area (Å²) in [5.41, 5.74) is 1.03. The van der Waals surface area contributed by atoms with Gasteiger partial charge >= 0.3 is 5.63 Å². The number of phenols is 1. The first-order valence-electron chi connectivity index (χ1n) is 9.89. The van der Waals surface area contributed by atoms with Crippen LogP contribution >= 0.6 is 0 Å². The third kappa shape index (κ3) is 5.66. The fraction of sp³-hybridized carbons (Fsp3) is 0.250. The standard InChI is InChI=1S/C24H25NO6/c1-15-13-21(27)23(24(29)31-15)20(17-5-9-19(30-2)10-6-17)14-22(28)25-12-11-16-3-7-18(26)8-4-16/h3-10,13,20,26-27H,11-12,14H2,1-2H3,(H,25,28)/t20-/m1/s1. The summed E-state index contributed by atoms with van der Waals surface area (Å²) < 4.78 is 10.4. The van der Waals surface area contributed by atoms with Crippen molar-refractivity contribution in [2.45, 2.75) is 25.7 Å². The highest BCUT2D eigenvalue weighted by atomic mass is 16.5. The van der Waals surface area contributed by atoms with Gasteiger partial charge in [0.1, 0.15) is 23.0 Å². The van der Waals surface area contributed by atoms with Gasteiger partial charge in [0.05, 0.1) is 12.7 Å². The summed E-state index contributed by atoms with van der Waals surface area (Å²) in [7, 11) is 1.55. The number of rotatable bonds is 8. The van der Waals surface area contributed by atoms with E-state index in [0.717, 1.165) is 5.56 Å². The molecule has 0 fully saturated rings. The number of carbonyl (C=O) groups is 1. The van der Waals surface area contributed by atoms with Gasteiger partial charge in [0.2, 0.25) is 5.91 Å². The monoisotopic (exact) mass is 423 g/mol. The first-order valence-corrected chi connectivity index (χ1v) is 9.89. The molecule has 0 radical (unpaired) electrons. The zero-order valence-electron chi connectivity index (χ0n) is 17.4. The zero-order valence-corrected chi connectivity index (χ0v) is 17.4. The number of aromatic hydroxyl groups is 2. The van der Waals surface area contributed by atoms with Gasteiger partial charge in [0, 0.05) is 24.9 Å². The Balaban J connectivity index is 1.78.